The molecule has 3 aromatic rings. The summed E-state index contributed by atoms with van der Waals surface area (Å²) in [4.78, 5) is 19.0. The van der Waals surface area contributed by atoms with Crippen LogP contribution in [-0.2, 0) is 5.11 Å². The zero-order valence-corrected chi connectivity index (χ0v) is 19.2. The smallest absolute Gasteiger partial charge is 0.263 e. The van der Waals surface area contributed by atoms with Crippen LogP contribution >= 0.6 is 35.2 Å². The molecule has 4 nitrogen and oxygen atoms in total. The highest BCUT2D eigenvalue weighted by Gasteiger charge is 2.28. The van der Waals surface area contributed by atoms with E-state index >= 15 is 0 Å². The number of aromatic nitrogens is 2. The van der Waals surface area contributed by atoms with Crippen molar-refractivity contribution in [3.05, 3.63) is 79.8 Å². The number of hydrogen-bond donors (Lipinski definition) is 0. The van der Waals surface area contributed by atoms with Gasteiger partial charge in [0, 0.05) is 4.90 Å². The predicted octanol–water partition coefficient (Wildman–Crippen LogP) is 2.25. The Hall–Kier alpha value is -1.76. The third-order valence-electron chi connectivity index (χ3n) is 4.38. The van der Waals surface area contributed by atoms with Gasteiger partial charge in [-0.05, 0) is 38.1 Å². The van der Waals surface area contributed by atoms with Crippen LogP contribution in [0, 0.1) is 13.8 Å². The van der Waals surface area contributed by atoms with Crippen molar-refractivity contribution in [1.82, 2.24) is 9.55 Å². The van der Waals surface area contributed by atoms with E-state index in [1.807, 2.05) is 54.7 Å². The molecule has 0 aliphatic carbocycles. The first-order chi connectivity index (χ1) is 13.6. The van der Waals surface area contributed by atoms with E-state index in [9.17, 15) is 4.79 Å². The maximum absolute atomic E-state index is 13.5. The van der Waals surface area contributed by atoms with Gasteiger partial charge in [-0.2, -0.15) is 4.98 Å². The van der Waals surface area contributed by atoms with Crippen molar-refractivity contribution in [2.24, 2.45) is 0 Å². The summed E-state index contributed by atoms with van der Waals surface area (Å²) >= 11 is 13.7. The van der Waals surface area contributed by atoms with Crippen molar-refractivity contribution in [3.63, 3.8) is 0 Å². The Labute approximate surface area is 187 Å². The average molecular weight is 443 g/mol. The highest BCUT2D eigenvalue weighted by Crippen LogP contribution is 2.31. The quantitative estimate of drug-likeness (QED) is 0.449. The standard InChI is InChI=1S/C19H19B3Cl2N2O2S/c1-10-6-8-12(9-7-10)29-28-17-15(19(20,21)22)18(27)26(11(2)25-17)14-5-3-4-13(23)16(14)24/h3-9H,20-22H2,1-2H3. The first-order valence-electron chi connectivity index (χ1n) is 9.09. The third-order valence-corrected chi connectivity index (χ3v) is 5.89. The summed E-state index contributed by atoms with van der Waals surface area (Å²) in [6, 6.07) is 13.1. The van der Waals surface area contributed by atoms with Gasteiger partial charge in [0.15, 0.2) is 0 Å². The summed E-state index contributed by atoms with van der Waals surface area (Å²) in [6.45, 7) is 3.77. The van der Waals surface area contributed by atoms with Gasteiger partial charge in [-0.3, -0.25) is 9.36 Å². The SMILES string of the molecule is BC(B)(B)c1c(OSc2ccc(C)cc2)nc(C)n(-c2cccc(Cl)c2Cl)c1=O. The molecule has 3 rings (SSSR count). The molecular weight excluding hydrogens is 424 g/mol. The molecule has 0 saturated carbocycles. The van der Waals surface area contributed by atoms with E-state index in [1.54, 1.807) is 25.1 Å². The molecule has 0 spiro atoms. The lowest BCUT2D eigenvalue weighted by atomic mass is 9.40. The van der Waals surface area contributed by atoms with Gasteiger partial charge in [0.2, 0.25) is 5.88 Å². The molecule has 0 N–H and O–H groups in total. The minimum atomic E-state index is -0.492. The van der Waals surface area contributed by atoms with Crippen LogP contribution < -0.4 is 9.74 Å². The van der Waals surface area contributed by atoms with E-state index < -0.39 is 5.11 Å². The van der Waals surface area contributed by atoms with Crippen molar-refractivity contribution < 1.29 is 4.18 Å². The molecule has 0 aliphatic heterocycles. The molecule has 0 fully saturated rings. The fraction of sp³-hybridized carbons (Fsp3) is 0.158. The van der Waals surface area contributed by atoms with Crippen molar-refractivity contribution >= 4 is 58.8 Å². The molecule has 1 aromatic heterocycles. The van der Waals surface area contributed by atoms with E-state index in [0.717, 1.165) is 4.90 Å². The van der Waals surface area contributed by atoms with Gasteiger partial charge in [0.25, 0.3) is 5.56 Å². The van der Waals surface area contributed by atoms with Crippen LogP contribution in [-0.4, -0.2) is 33.1 Å². The second-order valence-corrected chi connectivity index (χ2v) is 9.37. The molecule has 2 aromatic carbocycles. The Bertz CT molecular complexity index is 1120. The maximum Gasteiger partial charge on any atom is 0.263 e. The number of hydrogen-bond acceptors (Lipinski definition) is 4. The van der Waals surface area contributed by atoms with E-state index in [-0.39, 0.29) is 5.56 Å². The molecule has 0 atom stereocenters. The summed E-state index contributed by atoms with van der Waals surface area (Å²) in [5.74, 6) is 0.770. The molecule has 0 radical (unpaired) electrons. The minimum Gasteiger partial charge on any atom is -0.400 e. The van der Waals surface area contributed by atoms with Crippen molar-refractivity contribution in [2.75, 3.05) is 0 Å². The third kappa shape index (κ3) is 4.71. The minimum absolute atomic E-state index is 0.228. The number of nitrogens with zero attached hydrogens (tertiary/aromatic N) is 2. The molecule has 0 bridgehead atoms. The Morgan fingerprint density at radius 1 is 1.07 bits per heavy atom. The number of aryl methyl sites for hydroxylation is 2. The molecule has 146 valence electrons. The summed E-state index contributed by atoms with van der Waals surface area (Å²) in [5, 5.41) is 0.195. The molecule has 0 amide bonds. The molecule has 0 aliphatic rings. The van der Waals surface area contributed by atoms with Gasteiger partial charge in [-0.15, -0.1) is 0 Å². The number of benzene rings is 2. The largest absolute Gasteiger partial charge is 0.400 e. The first-order valence-corrected chi connectivity index (χ1v) is 10.6. The summed E-state index contributed by atoms with van der Waals surface area (Å²) in [6.07, 6.45) is 0. The van der Waals surface area contributed by atoms with Crippen molar-refractivity contribution in [3.8, 4) is 11.6 Å². The van der Waals surface area contributed by atoms with Crippen LogP contribution in [0.3, 0.4) is 0 Å². The number of rotatable bonds is 5. The molecule has 10 heteroatoms. The monoisotopic (exact) mass is 442 g/mol. The normalized spacial score (nSPS) is 11.4. The fourth-order valence-corrected chi connectivity index (χ4v) is 3.86. The number of halogens is 2. The van der Waals surface area contributed by atoms with E-state index in [1.165, 1.54) is 22.2 Å². The summed E-state index contributed by atoms with van der Waals surface area (Å²) in [5.41, 5.74) is 1.91. The van der Waals surface area contributed by atoms with E-state index in [2.05, 4.69) is 4.98 Å². The second-order valence-electron chi connectivity index (χ2n) is 7.78. The van der Waals surface area contributed by atoms with E-state index in [0.29, 0.717) is 33.0 Å². The fourth-order valence-electron chi connectivity index (χ4n) is 2.94. The van der Waals surface area contributed by atoms with Crippen LogP contribution in [0.15, 0.2) is 52.2 Å². The van der Waals surface area contributed by atoms with Crippen LogP contribution in [0.25, 0.3) is 5.69 Å². The van der Waals surface area contributed by atoms with E-state index in [4.69, 9.17) is 27.4 Å². The Balaban J connectivity index is 2.12. The summed E-state index contributed by atoms with van der Waals surface area (Å²) < 4.78 is 7.41. The van der Waals surface area contributed by atoms with Crippen molar-refractivity contribution in [2.45, 2.75) is 23.9 Å². The second kappa shape index (κ2) is 8.54. The summed E-state index contributed by atoms with van der Waals surface area (Å²) in [7, 11) is 5.86. The van der Waals surface area contributed by atoms with Gasteiger partial charge in [-0.25, -0.2) is 0 Å². The molecular formula is C19H19B3Cl2N2O2S. The zero-order valence-electron chi connectivity index (χ0n) is 16.9. The average Bonchev–Trinajstić information content (AvgIpc) is 2.63. The molecule has 1 heterocycles. The topological polar surface area (TPSA) is 44.1 Å². The predicted molar refractivity (Wildman–Crippen MR) is 130 cm³/mol. The lowest BCUT2D eigenvalue weighted by Crippen LogP contribution is -2.39. The Kier molecular flexibility index (Phi) is 6.46. The Morgan fingerprint density at radius 3 is 2.34 bits per heavy atom. The van der Waals surface area contributed by atoms with Gasteiger partial charge < -0.3 is 4.18 Å². The molecule has 0 saturated heterocycles. The zero-order chi connectivity index (χ0) is 21.3. The van der Waals surface area contributed by atoms with Crippen LogP contribution in [0.5, 0.6) is 5.88 Å². The highest BCUT2D eigenvalue weighted by atomic mass is 35.5. The lowest BCUT2D eigenvalue weighted by Gasteiger charge is -2.23. The van der Waals surface area contributed by atoms with Gasteiger partial charge >= 0.3 is 0 Å². The maximum atomic E-state index is 13.5. The van der Waals surface area contributed by atoms with Crippen LogP contribution in [0.1, 0.15) is 17.0 Å². The van der Waals surface area contributed by atoms with Gasteiger partial charge in [0.05, 0.1) is 56.9 Å². The molecule has 29 heavy (non-hydrogen) atoms. The molecule has 0 unspecified atom stereocenters. The van der Waals surface area contributed by atoms with Crippen LogP contribution in [0.4, 0.5) is 0 Å². The van der Waals surface area contributed by atoms with Crippen LogP contribution in [0.2, 0.25) is 10.0 Å². The van der Waals surface area contributed by atoms with Crippen molar-refractivity contribution in [1.29, 1.82) is 0 Å². The van der Waals surface area contributed by atoms with Gasteiger partial charge in [-0.1, -0.05) is 52.1 Å². The van der Waals surface area contributed by atoms with Gasteiger partial charge in [0.1, 0.15) is 5.82 Å². The lowest BCUT2D eigenvalue weighted by molar-refractivity contribution is 0.587. The Morgan fingerprint density at radius 2 is 1.72 bits per heavy atom. The first kappa shape index (κ1) is 21.9. The highest BCUT2D eigenvalue weighted by molar-refractivity contribution is 7.95.